The fourth-order valence-corrected chi connectivity index (χ4v) is 13.4. The highest BCUT2D eigenvalue weighted by Crippen LogP contribution is 2.45. The molecule has 1 heteroatoms. The second-order valence-corrected chi connectivity index (χ2v) is 20.6. The lowest BCUT2D eigenvalue weighted by atomic mass is 9.68. The van der Waals surface area contributed by atoms with Crippen LogP contribution in [0.25, 0.3) is 0 Å². The molecular formula is C52H110O. The van der Waals surface area contributed by atoms with Crippen molar-refractivity contribution in [1.29, 1.82) is 0 Å². The van der Waals surface area contributed by atoms with Gasteiger partial charge in [0.2, 0.25) is 0 Å². The quantitative estimate of drug-likeness (QED) is 0.172. The fraction of sp³-hybridized carbons (Fsp3) is 1.00. The van der Waals surface area contributed by atoms with Crippen LogP contribution in [0.5, 0.6) is 0 Å². The first-order chi connectivity index (χ1) is 26.0. The lowest BCUT2D eigenvalue weighted by Gasteiger charge is -2.38. The average molecular weight is 751 g/mol. The molecule has 0 N–H and O–H groups in total. The summed E-state index contributed by atoms with van der Waals surface area (Å²) in [5.74, 6) is 11.9. The number of rotatable bonds is 14. The van der Waals surface area contributed by atoms with E-state index in [0.717, 1.165) is 65.1 Å². The molecule has 0 aromatic carbocycles. The van der Waals surface area contributed by atoms with Crippen molar-refractivity contribution < 1.29 is 13.3 Å². The van der Waals surface area contributed by atoms with Crippen LogP contribution < -0.4 is 0 Å². The molecule has 6 aliphatic carbocycles. The molecule has 0 bridgehead atoms. The molecule has 0 atom stereocenters. The highest BCUT2D eigenvalue weighted by Gasteiger charge is 2.33. The van der Waals surface area contributed by atoms with Gasteiger partial charge in [0.15, 0.2) is 0 Å². The summed E-state index contributed by atoms with van der Waals surface area (Å²) in [7, 11) is 1.88. The summed E-state index contributed by atoms with van der Waals surface area (Å²) < 4.78 is 5.48. The largest absolute Gasteiger partial charge is 0.381 e. The van der Waals surface area contributed by atoms with Gasteiger partial charge in [-0.3, -0.25) is 0 Å². The normalized spacial score (nSPS) is 38.2. The molecule has 0 saturated heterocycles. The molecule has 6 fully saturated rings. The van der Waals surface area contributed by atoms with Gasteiger partial charge in [0.1, 0.15) is 0 Å². The second-order valence-electron chi connectivity index (χ2n) is 20.6. The Kier molecular flexibility index (Phi) is 23.1. The minimum absolute atomic E-state index is 0. The molecule has 6 rings (SSSR count). The monoisotopic (exact) mass is 751 g/mol. The van der Waals surface area contributed by atoms with Crippen LogP contribution >= 0.6 is 0 Å². The van der Waals surface area contributed by atoms with Gasteiger partial charge in [-0.05, 0) is 155 Å². The van der Waals surface area contributed by atoms with E-state index in [4.69, 9.17) is 4.74 Å². The summed E-state index contributed by atoms with van der Waals surface area (Å²) in [6, 6.07) is 0. The Morgan fingerprint density at radius 3 is 0.830 bits per heavy atom. The Balaban J connectivity index is -0.000000760. The van der Waals surface area contributed by atoms with E-state index in [1.165, 1.54) is 128 Å². The van der Waals surface area contributed by atoms with Gasteiger partial charge in [-0.25, -0.2) is 0 Å². The molecule has 324 valence electrons. The molecule has 1 nitrogen and oxygen atoms in total. The molecular weight excluding hydrogens is 641 g/mol. The van der Waals surface area contributed by atoms with Gasteiger partial charge in [0, 0.05) is 15.7 Å². The van der Waals surface area contributed by atoms with E-state index in [1.54, 1.807) is 89.9 Å². The maximum absolute atomic E-state index is 5.48. The second kappa shape index (κ2) is 26.8. The number of unbranched alkanes of at least 4 members (excludes halogenated alkanes) is 1. The molecule has 53 heavy (non-hydrogen) atoms. The Bertz CT molecular complexity index is 814. The summed E-state index contributed by atoms with van der Waals surface area (Å²) in [5, 5.41) is 0. The van der Waals surface area contributed by atoms with E-state index >= 15 is 0 Å². The lowest BCUT2D eigenvalue weighted by molar-refractivity contribution is 0.0392. The summed E-state index contributed by atoms with van der Waals surface area (Å²) in [5.41, 5.74) is 0. The zero-order valence-electron chi connectivity index (χ0n) is 37.4. The van der Waals surface area contributed by atoms with Gasteiger partial charge in [-0.1, -0.05) is 163 Å². The SMILES string of the molecule is CCCC1CCC(C2CCC(CC)CC2)CC1.CCCC1CCC(C2CCC(OC)CC2)CC1.CCCCC1CCC(C2CCC(CCC)CC2)CC1.[HH].[HH].[HH].[HH].[HH].[HH]. The summed E-state index contributed by atoms with van der Waals surface area (Å²) in [6.45, 7) is 11.7. The van der Waals surface area contributed by atoms with Gasteiger partial charge in [0.05, 0.1) is 6.10 Å². The van der Waals surface area contributed by atoms with Crippen molar-refractivity contribution in [2.75, 3.05) is 7.11 Å². The zero-order chi connectivity index (χ0) is 37.7. The predicted octanol–water partition coefficient (Wildman–Crippen LogP) is 18.7. The minimum Gasteiger partial charge on any atom is -0.381 e. The lowest BCUT2D eigenvalue weighted by Crippen LogP contribution is -2.28. The molecule has 6 aliphatic rings. The number of methoxy groups -OCH3 is 1. The van der Waals surface area contributed by atoms with Crippen LogP contribution in [0.2, 0.25) is 0 Å². The molecule has 6 saturated carbocycles. The number of ether oxygens (including phenoxy) is 1. The fourth-order valence-electron chi connectivity index (χ4n) is 13.4. The Labute approximate surface area is 343 Å². The predicted molar refractivity (Wildman–Crippen MR) is 247 cm³/mol. The Hall–Kier alpha value is -0.0400. The van der Waals surface area contributed by atoms with Crippen molar-refractivity contribution >= 4 is 0 Å². The Morgan fingerprint density at radius 2 is 0.585 bits per heavy atom. The third kappa shape index (κ3) is 16.4. The van der Waals surface area contributed by atoms with E-state index in [9.17, 15) is 0 Å². The smallest absolute Gasteiger partial charge is 0.0571 e. The third-order valence-corrected chi connectivity index (χ3v) is 17.1. The first-order valence-electron chi connectivity index (χ1n) is 25.5. The third-order valence-electron chi connectivity index (χ3n) is 17.1. The van der Waals surface area contributed by atoms with Crippen molar-refractivity contribution in [3.63, 3.8) is 0 Å². The molecule has 0 aromatic rings. The van der Waals surface area contributed by atoms with E-state index in [-0.39, 0.29) is 8.56 Å². The Morgan fingerprint density at radius 1 is 0.321 bits per heavy atom. The van der Waals surface area contributed by atoms with E-state index in [1.807, 2.05) is 7.11 Å². The molecule has 0 radical (unpaired) electrons. The molecule has 0 heterocycles. The van der Waals surface area contributed by atoms with Gasteiger partial charge in [-0.15, -0.1) is 0 Å². The van der Waals surface area contributed by atoms with Gasteiger partial charge < -0.3 is 4.74 Å². The molecule has 0 spiro atoms. The van der Waals surface area contributed by atoms with Crippen LogP contribution in [0.15, 0.2) is 0 Å². The minimum atomic E-state index is 0. The summed E-state index contributed by atoms with van der Waals surface area (Å²) in [6.07, 6.45) is 51.5. The molecule has 0 aromatic heterocycles. The maximum atomic E-state index is 5.48. The van der Waals surface area contributed by atoms with Crippen molar-refractivity contribution in [2.45, 2.75) is 259 Å². The van der Waals surface area contributed by atoms with E-state index in [0.29, 0.717) is 6.10 Å². The zero-order valence-corrected chi connectivity index (χ0v) is 37.4. The van der Waals surface area contributed by atoms with E-state index < -0.39 is 0 Å². The standard InChI is InChI=1S/C19H36.C17H32.C16H30O.6H2/c1-3-5-7-17-10-14-19(15-11-17)18-12-8-16(6-4-2)9-13-18;1-3-5-15-8-12-17(13-9-15)16-10-6-14(4-2)7-11-16;1-3-4-13-5-7-14(8-6-13)15-9-11-16(17-2)12-10-15;;;;;;/h16-19H,3-15H2,1-2H3;14-17H,3-13H2,1-2H3;13-16H,3-12H2,1-2H3;6*1H. The highest BCUT2D eigenvalue weighted by atomic mass is 16.5. The first kappa shape index (κ1) is 45.7. The molecule has 0 aliphatic heterocycles. The molecule has 0 unspecified atom stereocenters. The first-order valence-corrected chi connectivity index (χ1v) is 25.5. The highest BCUT2D eigenvalue weighted by molar-refractivity contribution is 4.84. The van der Waals surface area contributed by atoms with Crippen molar-refractivity contribution in [3.8, 4) is 0 Å². The topological polar surface area (TPSA) is 9.23 Å². The van der Waals surface area contributed by atoms with Crippen LogP contribution in [0.4, 0.5) is 0 Å². The number of hydrogen-bond donors (Lipinski definition) is 0. The average Bonchev–Trinajstić information content (AvgIpc) is 3.22. The summed E-state index contributed by atoms with van der Waals surface area (Å²) >= 11 is 0. The van der Waals surface area contributed by atoms with Crippen LogP contribution in [0.3, 0.4) is 0 Å². The number of hydrogen-bond acceptors (Lipinski definition) is 1. The van der Waals surface area contributed by atoms with Gasteiger partial charge >= 0.3 is 0 Å². The van der Waals surface area contributed by atoms with Crippen LogP contribution in [-0.2, 0) is 4.74 Å². The maximum Gasteiger partial charge on any atom is 0.0571 e. The van der Waals surface area contributed by atoms with Gasteiger partial charge in [-0.2, -0.15) is 0 Å². The van der Waals surface area contributed by atoms with Gasteiger partial charge in [0.25, 0.3) is 0 Å². The van der Waals surface area contributed by atoms with E-state index in [2.05, 4.69) is 34.6 Å². The van der Waals surface area contributed by atoms with Crippen molar-refractivity contribution in [3.05, 3.63) is 0 Å². The van der Waals surface area contributed by atoms with Crippen molar-refractivity contribution in [2.24, 2.45) is 65.1 Å². The molecule has 0 amide bonds. The van der Waals surface area contributed by atoms with Crippen LogP contribution in [0, 0.1) is 65.1 Å². The summed E-state index contributed by atoms with van der Waals surface area (Å²) in [4.78, 5) is 0. The van der Waals surface area contributed by atoms with Crippen LogP contribution in [-0.4, -0.2) is 13.2 Å². The van der Waals surface area contributed by atoms with Crippen LogP contribution in [0.1, 0.15) is 261 Å². The van der Waals surface area contributed by atoms with Crippen molar-refractivity contribution in [1.82, 2.24) is 0 Å².